The maximum atomic E-state index is 13.3. The molecule has 2 rings (SSSR count). The second-order valence-corrected chi connectivity index (χ2v) is 3.96. The zero-order valence-corrected chi connectivity index (χ0v) is 9.00. The fourth-order valence-electron chi connectivity index (χ4n) is 1.84. The van der Waals surface area contributed by atoms with Crippen molar-refractivity contribution in [2.75, 3.05) is 6.54 Å². The van der Waals surface area contributed by atoms with E-state index in [1.54, 1.807) is 18.2 Å². The number of benzene rings is 1. The second kappa shape index (κ2) is 5.07. The van der Waals surface area contributed by atoms with Gasteiger partial charge < -0.3 is 10.6 Å². The highest BCUT2D eigenvalue weighted by Gasteiger charge is 2.21. The molecule has 4 heteroatoms. The second-order valence-electron chi connectivity index (χ2n) is 3.96. The molecule has 1 aliphatic rings. The zero-order chi connectivity index (χ0) is 11.4. The van der Waals surface area contributed by atoms with Gasteiger partial charge in [0.05, 0.1) is 6.04 Å². The first-order valence-electron chi connectivity index (χ1n) is 5.52. The Morgan fingerprint density at radius 2 is 2.25 bits per heavy atom. The molecule has 1 aromatic carbocycles. The highest BCUT2D eigenvalue weighted by molar-refractivity contribution is 5.82. The van der Waals surface area contributed by atoms with Gasteiger partial charge in [0.15, 0.2) is 0 Å². The summed E-state index contributed by atoms with van der Waals surface area (Å²) in [4.78, 5) is 11.4. The van der Waals surface area contributed by atoms with E-state index in [1.165, 1.54) is 6.07 Å². The summed E-state index contributed by atoms with van der Waals surface area (Å²) >= 11 is 0. The number of halogens is 1. The van der Waals surface area contributed by atoms with Gasteiger partial charge in [-0.05, 0) is 18.9 Å². The van der Waals surface area contributed by atoms with E-state index in [1.807, 2.05) is 0 Å². The summed E-state index contributed by atoms with van der Waals surface area (Å²) in [7, 11) is 0. The quantitative estimate of drug-likeness (QED) is 0.806. The Balaban J connectivity index is 1.92. The number of carbonyl (C=O) groups is 1. The molecule has 0 radical (unpaired) electrons. The molecule has 2 N–H and O–H groups in total. The van der Waals surface area contributed by atoms with Gasteiger partial charge in [-0.25, -0.2) is 4.39 Å². The van der Waals surface area contributed by atoms with Gasteiger partial charge in [0, 0.05) is 18.7 Å². The van der Waals surface area contributed by atoms with Crippen LogP contribution in [-0.4, -0.2) is 18.5 Å². The first-order valence-corrected chi connectivity index (χ1v) is 5.52. The molecule has 0 bridgehead atoms. The van der Waals surface area contributed by atoms with Gasteiger partial charge in [-0.2, -0.15) is 0 Å². The maximum Gasteiger partial charge on any atom is 0.237 e. The van der Waals surface area contributed by atoms with Gasteiger partial charge in [-0.15, -0.1) is 0 Å². The van der Waals surface area contributed by atoms with Crippen LogP contribution in [0.5, 0.6) is 0 Å². The molecular weight excluding hydrogens is 207 g/mol. The SMILES string of the molecule is O=C1NCCCC1NCc1ccccc1F. The first-order chi connectivity index (χ1) is 7.77. The van der Waals surface area contributed by atoms with E-state index in [2.05, 4.69) is 10.6 Å². The fourth-order valence-corrected chi connectivity index (χ4v) is 1.84. The number of piperidine rings is 1. The summed E-state index contributed by atoms with van der Waals surface area (Å²) < 4.78 is 13.3. The maximum absolute atomic E-state index is 13.3. The van der Waals surface area contributed by atoms with Crippen LogP contribution in [0.4, 0.5) is 4.39 Å². The van der Waals surface area contributed by atoms with Crippen molar-refractivity contribution in [1.82, 2.24) is 10.6 Å². The van der Waals surface area contributed by atoms with E-state index in [9.17, 15) is 9.18 Å². The van der Waals surface area contributed by atoms with Gasteiger partial charge in [-0.3, -0.25) is 4.79 Å². The van der Waals surface area contributed by atoms with E-state index in [0.29, 0.717) is 12.1 Å². The summed E-state index contributed by atoms with van der Waals surface area (Å²) in [6, 6.07) is 6.42. The number of amides is 1. The monoisotopic (exact) mass is 222 g/mol. The van der Waals surface area contributed by atoms with Crippen LogP contribution in [0.25, 0.3) is 0 Å². The molecule has 1 amide bonds. The number of rotatable bonds is 3. The minimum Gasteiger partial charge on any atom is -0.355 e. The summed E-state index contributed by atoms with van der Waals surface area (Å²) in [5.41, 5.74) is 0.598. The Hall–Kier alpha value is -1.42. The molecule has 1 aromatic rings. The highest BCUT2D eigenvalue weighted by Crippen LogP contribution is 2.08. The molecule has 16 heavy (non-hydrogen) atoms. The zero-order valence-electron chi connectivity index (χ0n) is 9.00. The van der Waals surface area contributed by atoms with Crippen LogP contribution >= 0.6 is 0 Å². The van der Waals surface area contributed by atoms with E-state index >= 15 is 0 Å². The molecule has 1 fully saturated rings. The smallest absolute Gasteiger partial charge is 0.237 e. The van der Waals surface area contributed by atoms with Crippen molar-refractivity contribution >= 4 is 5.91 Å². The molecule has 1 unspecified atom stereocenters. The molecule has 86 valence electrons. The third kappa shape index (κ3) is 2.58. The number of nitrogens with one attached hydrogen (secondary N) is 2. The minimum absolute atomic E-state index is 0.0163. The third-order valence-electron chi connectivity index (χ3n) is 2.78. The van der Waals surface area contributed by atoms with E-state index in [-0.39, 0.29) is 17.8 Å². The van der Waals surface area contributed by atoms with Crippen LogP contribution in [0.1, 0.15) is 18.4 Å². The van der Waals surface area contributed by atoms with Crippen molar-refractivity contribution in [1.29, 1.82) is 0 Å². The molecule has 0 aliphatic carbocycles. The lowest BCUT2D eigenvalue weighted by Crippen LogP contribution is -2.47. The number of carbonyl (C=O) groups excluding carboxylic acids is 1. The average molecular weight is 222 g/mol. The molecule has 3 nitrogen and oxygen atoms in total. The Kier molecular flexibility index (Phi) is 3.51. The number of hydrogen-bond acceptors (Lipinski definition) is 2. The van der Waals surface area contributed by atoms with Crippen molar-refractivity contribution < 1.29 is 9.18 Å². The van der Waals surface area contributed by atoms with Crippen LogP contribution in [-0.2, 0) is 11.3 Å². The topological polar surface area (TPSA) is 41.1 Å². The predicted octanol–water partition coefficient (Wildman–Crippen LogP) is 1.19. The molecule has 0 spiro atoms. The third-order valence-corrected chi connectivity index (χ3v) is 2.78. The largest absolute Gasteiger partial charge is 0.355 e. The van der Waals surface area contributed by atoms with Crippen molar-refractivity contribution in [2.24, 2.45) is 0 Å². The van der Waals surface area contributed by atoms with Crippen molar-refractivity contribution in [3.8, 4) is 0 Å². The van der Waals surface area contributed by atoms with Crippen LogP contribution in [0.15, 0.2) is 24.3 Å². The first kappa shape index (κ1) is 11.1. The Morgan fingerprint density at radius 3 is 3.00 bits per heavy atom. The highest BCUT2D eigenvalue weighted by atomic mass is 19.1. The molecule has 1 saturated heterocycles. The van der Waals surface area contributed by atoms with Crippen LogP contribution in [0.2, 0.25) is 0 Å². The van der Waals surface area contributed by atoms with Gasteiger partial charge >= 0.3 is 0 Å². The molecule has 1 aliphatic heterocycles. The van der Waals surface area contributed by atoms with Crippen LogP contribution in [0, 0.1) is 5.82 Å². The van der Waals surface area contributed by atoms with Crippen LogP contribution < -0.4 is 10.6 Å². The summed E-state index contributed by atoms with van der Waals surface area (Å²) in [6.45, 7) is 1.14. The normalized spacial score (nSPS) is 20.6. The Labute approximate surface area is 94.0 Å². The molecule has 1 atom stereocenters. The minimum atomic E-state index is -0.230. The number of hydrogen-bond donors (Lipinski definition) is 2. The summed E-state index contributed by atoms with van der Waals surface area (Å²) in [5, 5.41) is 5.86. The summed E-state index contributed by atoms with van der Waals surface area (Å²) in [6.07, 6.45) is 1.79. The Morgan fingerprint density at radius 1 is 1.44 bits per heavy atom. The van der Waals surface area contributed by atoms with Crippen LogP contribution in [0.3, 0.4) is 0 Å². The predicted molar refractivity (Wildman–Crippen MR) is 59.3 cm³/mol. The summed E-state index contributed by atoms with van der Waals surface area (Å²) in [5.74, 6) is -0.214. The van der Waals surface area contributed by atoms with E-state index in [4.69, 9.17) is 0 Å². The van der Waals surface area contributed by atoms with Gasteiger partial charge in [-0.1, -0.05) is 18.2 Å². The van der Waals surface area contributed by atoms with Crippen molar-refractivity contribution in [2.45, 2.75) is 25.4 Å². The lowest BCUT2D eigenvalue weighted by atomic mass is 10.1. The Bertz CT molecular complexity index is 381. The van der Waals surface area contributed by atoms with E-state index < -0.39 is 0 Å². The van der Waals surface area contributed by atoms with Gasteiger partial charge in [0.2, 0.25) is 5.91 Å². The fraction of sp³-hybridized carbons (Fsp3) is 0.417. The molecular formula is C12H15FN2O. The average Bonchev–Trinajstić information content (AvgIpc) is 2.30. The van der Waals surface area contributed by atoms with Gasteiger partial charge in [0.1, 0.15) is 5.82 Å². The standard InChI is InChI=1S/C12H15FN2O/c13-10-5-2-1-4-9(10)8-15-11-6-3-7-14-12(11)16/h1-2,4-5,11,15H,3,6-8H2,(H,14,16). The van der Waals surface area contributed by atoms with E-state index in [0.717, 1.165) is 19.4 Å². The molecule has 0 saturated carbocycles. The lowest BCUT2D eigenvalue weighted by Gasteiger charge is -2.22. The van der Waals surface area contributed by atoms with Gasteiger partial charge in [0.25, 0.3) is 0 Å². The molecule has 1 heterocycles. The van der Waals surface area contributed by atoms with Crippen molar-refractivity contribution in [3.05, 3.63) is 35.6 Å². The lowest BCUT2D eigenvalue weighted by molar-refractivity contribution is -0.124. The molecule has 0 aromatic heterocycles. The van der Waals surface area contributed by atoms with Crippen molar-refractivity contribution in [3.63, 3.8) is 0 Å².